The van der Waals surface area contributed by atoms with E-state index in [4.69, 9.17) is 16.3 Å². The first kappa shape index (κ1) is 17.2. The van der Waals surface area contributed by atoms with Crippen LogP contribution in [-0.2, 0) is 14.3 Å². The Labute approximate surface area is 137 Å². The van der Waals surface area contributed by atoms with Crippen molar-refractivity contribution < 1.29 is 19.2 Å². The summed E-state index contributed by atoms with van der Waals surface area (Å²) in [6, 6.07) is 3.39. The van der Waals surface area contributed by atoms with Gasteiger partial charge in [-0.15, -0.1) is 0 Å². The number of halogens is 1. The number of likely N-dealkylation sites (tertiary alicyclic amines) is 1. The Hall–Kier alpha value is -2.19. The van der Waals surface area contributed by atoms with Crippen LogP contribution in [0.5, 0.6) is 0 Å². The summed E-state index contributed by atoms with van der Waals surface area (Å²) in [5.41, 5.74) is 0.134. The maximum absolute atomic E-state index is 12.1. The minimum atomic E-state index is -0.567. The van der Waals surface area contributed by atoms with E-state index in [1.54, 1.807) is 4.90 Å². The van der Waals surface area contributed by atoms with Gasteiger partial charge in [-0.05, 0) is 25.5 Å². The summed E-state index contributed by atoms with van der Waals surface area (Å²) >= 11 is 5.93. The van der Waals surface area contributed by atoms with E-state index in [0.717, 1.165) is 6.42 Å². The summed E-state index contributed by atoms with van der Waals surface area (Å²) in [6.45, 7) is 0.647. The van der Waals surface area contributed by atoms with Crippen LogP contribution in [0.2, 0.25) is 5.02 Å². The Morgan fingerprint density at radius 2 is 2.26 bits per heavy atom. The number of nitro benzene ring substituents is 1. The number of carbonyl (C=O) groups is 2. The predicted octanol–water partition coefficient (Wildman–Crippen LogP) is 1.82. The van der Waals surface area contributed by atoms with E-state index < -0.39 is 11.0 Å². The molecule has 2 rings (SSSR count). The lowest BCUT2D eigenvalue weighted by molar-refractivity contribution is -0.384. The number of methoxy groups -OCH3 is 1. The maximum atomic E-state index is 12.1. The van der Waals surface area contributed by atoms with E-state index >= 15 is 0 Å². The fourth-order valence-electron chi connectivity index (χ4n) is 2.51. The van der Waals surface area contributed by atoms with Gasteiger partial charge in [0.25, 0.3) is 5.69 Å². The molecule has 1 aromatic rings. The summed E-state index contributed by atoms with van der Waals surface area (Å²) in [6.07, 6.45) is 1.46. The molecular formula is C14H16ClN3O5. The Morgan fingerprint density at radius 1 is 1.52 bits per heavy atom. The van der Waals surface area contributed by atoms with Gasteiger partial charge in [-0.1, -0.05) is 11.6 Å². The molecule has 1 fully saturated rings. The molecule has 8 nitrogen and oxygen atoms in total. The van der Waals surface area contributed by atoms with Gasteiger partial charge in [-0.3, -0.25) is 24.6 Å². The predicted molar refractivity (Wildman–Crippen MR) is 83.3 cm³/mol. The summed E-state index contributed by atoms with van der Waals surface area (Å²) in [5.74, 6) is -0.708. The molecule has 1 aliphatic heterocycles. The van der Waals surface area contributed by atoms with Crippen LogP contribution in [0.3, 0.4) is 0 Å². The van der Waals surface area contributed by atoms with E-state index in [1.165, 1.54) is 25.3 Å². The van der Waals surface area contributed by atoms with E-state index in [9.17, 15) is 19.7 Å². The molecule has 1 saturated heterocycles. The number of nitro groups is 1. The number of nitrogens with one attached hydrogen (secondary N) is 1. The number of nitrogens with zero attached hydrogens (tertiary/aromatic N) is 2. The Balaban J connectivity index is 1.99. The molecule has 1 aromatic carbocycles. The SMILES string of the molecule is COC(=O)C1CCCN1CC(=O)Nc1ccc([N+](=O)[O-])cc1Cl. The zero-order valence-electron chi connectivity index (χ0n) is 12.5. The van der Waals surface area contributed by atoms with Crippen LogP contribution in [0.25, 0.3) is 0 Å². The molecule has 9 heteroatoms. The highest BCUT2D eigenvalue weighted by atomic mass is 35.5. The van der Waals surface area contributed by atoms with Gasteiger partial charge in [0.2, 0.25) is 5.91 Å². The highest BCUT2D eigenvalue weighted by molar-refractivity contribution is 6.34. The molecule has 1 aliphatic rings. The van der Waals surface area contributed by atoms with Crippen molar-refractivity contribution in [3.63, 3.8) is 0 Å². The van der Waals surface area contributed by atoms with Crippen molar-refractivity contribution in [2.75, 3.05) is 25.5 Å². The summed E-state index contributed by atoms with van der Waals surface area (Å²) in [5, 5.41) is 13.3. The second kappa shape index (κ2) is 7.38. The number of rotatable bonds is 5. The minimum Gasteiger partial charge on any atom is -0.468 e. The van der Waals surface area contributed by atoms with Gasteiger partial charge in [-0.2, -0.15) is 0 Å². The fourth-order valence-corrected chi connectivity index (χ4v) is 2.73. The Kier molecular flexibility index (Phi) is 5.51. The van der Waals surface area contributed by atoms with Crippen LogP contribution >= 0.6 is 11.6 Å². The third-order valence-corrected chi connectivity index (χ3v) is 3.93. The summed E-state index contributed by atoms with van der Waals surface area (Å²) in [7, 11) is 1.32. The lowest BCUT2D eigenvalue weighted by atomic mass is 10.2. The van der Waals surface area contributed by atoms with Crippen molar-refractivity contribution in [3.05, 3.63) is 33.3 Å². The van der Waals surface area contributed by atoms with Crippen molar-refractivity contribution in [2.24, 2.45) is 0 Å². The molecule has 0 saturated carbocycles. The number of ether oxygens (including phenoxy) is 1. The first-order valence-corrected chi connectivity index (χ1v) is 7.36. The number of hydrogen-bond acceptors (Lipinski definition) is 6. The van der Waals surface area contributed by atoms with E-state index in [1.807, 2.05) is 0 Å². The minimum absolute atomic E-state index is 0.0209. The second-order valence-corrected chi connectivity index (χ2v) is 5.53. The molecule has 124 valence electrons. The van der Waals surface area contributed by atoms with Gasteiger partial charge >= 0.3 is 5.97 Å². The smallest absolute Gasteiger partial charge is 0.323 e. The number of anilines is 1. The average Bonchev–Trinajstić information content (AvgIpc) is 2.96. The maximum Gasteiger partial charge on any atom is 0.323 e. The standard InChI is InChI=1S/C14H16ClN3O5/c1-23-14(20)12-3-2-6-17(12)8-13(19)16-11-5-4-9(18(21)22)7-10(11)15/h4-5,7,12H,2-3,6,8H2,1H3,(H,16,19). The van der Waals surface area contributed by atoms with Gasteiger partial charge in [-0.25, -0.2) is 0 Å². The Morgan fingerprint density at radius 3 is 2.87 bits per heavy atom. The highest BCUT2D eigenvalue weighted by Gasteiger charge is 2.32. The van der Waals surface area contributed by atoms with Crippen LogP contribution < -0.4 is 5.32 Å². The number of hydrogen-bond donors (Lipinski definition) is 1. The molecule has 0 aromatic heterocycles. The van der Waals surface area contributed by atoms with Crippen molar-refractivity contribution in [1.82, 2.24) is 4.90 Å². The summed E-state index contributed by atoms with van der Waals surface area (Å²) in [4.78, 5) is 35.6. The van der Waals surface area contributed by atoms with Gasteiger partial charge in [0.1, 0.15) is 6.04 Å². The number of carbonyl (C=O) groups excluding carboxylic acids is 2. The Bertz CT molecular complexity index is 637. The normalized spacial score (nSPS) is 17.7. The first-order chi connectivity index (χ1) is 10.9. The van der Waals surface area contributed by atoms with Crippen LogP contribution in [0.4, 0.5) is 11.4 Å². The van der Waals surface area contributed by atoms with Crippen molar-refractivity contribution in [2.45, 2.75) is 18.9 Å². The average molecular weight is 342 g/mol. The molecule has 1 heterocycles. The third-order valence-electron chi connectivity index (χ3n) is 3.62. The van der Waals surface area contributed by atoms with Crippen LogP contribution in [0, 0.1) is 10.1 Å². The second-order valence-electron chi connectivity index (χ2n) is 5.12. The van der Waals surface area contributed by atoms with Crippen molar-refractivity contribution in [3.8, 4) is 0 Å². The number of benzene rings is 1. The molecule has 1 unspecified atom stereocenters. The molecule has 0 aliphatic carbocycles. The van der Waals surface area contributed by atoms with E-state index in [2.05, 4.69) is 5.32 Å². The van der Waals surface area contributed by atoms with E-state index in [0.29, 0.717) is 13.0 Å². The molecule has 0 spiro atoms. The number of non-ortho nitro benzene ring substituents is 1. The zero-order valence-corrected chi connectivity index (χ0v) is 13.2. The molecule has 1 atom stereocenters. The van der Waals surface area contributed by atoms with Crippen molar-refractivity contribution in [1.29, 1.82) is 0 Å². The van der Waals surface area contributed by atoms with Gasteiger partial charge < -0.3 is 10.1 Å². The van der Waals surface area contributed by atoms with Gasteiger partial charge in [0.05, 0.1) is 29.3 Å². The van der Waals surface area contributed by atoms with Crippen LogP contribution in [0.15, 0.2) is 18.2 Å². The molecule has 1 amide bonds. The third kappa shape index (κ3) is 4.17. The zero-order chi connectivity index (χ0) is 17.0. The molecular weight excluding hydrogens is 326 g/mol. The molecule has 0 bridgehead atoms. The highest BCUT2D eigenvalue weighted by Crippen LogP contribution is 2.27. The quantitative estimate of drug-likeness (QED) is 0.498. The van der Waals surface area contributed by atoms with Gasteiger partial charge in [0.15, 0.2) is 0 Å². The molecule has 0 radical (unpaired) electrons. The number of esters is 1. The lowest BCUT2D eigenvalue weighted by Crippen LogP contribution is -2.41. The van der Waals surface area contributed by atoms with Gasteiger partial charge in [0, 0.05) is 12.1 Å². The van der Waals surface area contributed by atoms with Crippen LogP contribution in [-0.4, -0.2) is 47.9 Å². The lowest BCUT2D eigenvalue weighted by Gasteiger charge is -2.21. The van der Waals surface area contributed by atoms with E-state index in [-0.39, 0.29) is 34.8 Å². The first-order valence-electron chi connectivity index (χ1n) is 6.98. The van der Waals surface area contributed by atoms with Crippen molar-refractivity contribution >= 4 is 34.9 Å². The fraction of sp³-hybridized carbons (Fsp3) is 0.429. The summed E-state index contributed by atoms with van der Waals surface area (Å²) < 4.78 is 4.72. The van der Waals surface area contributed by atoms with Crippen LogP contribution in [0.1, 0.15) is 12.8 Å². The molecule has 1 N–H and O–H groups in total. The number of amides is 1. The topological polar surface area (TPSA) is 102 Å². The monoisotopic (exact) mass is 341 g/mol. The largest absolute Gasteiger partial charge is 0.468 e. The molecule has 23 heavy (non-hydrogen) atoms.